The maximum absolute atomic E-state index is 2.36. The van der Waals surface area contributed by atoms with Crippen molar-refractivity contribution in [1.82, 2.24) is 0 Å². The summed E-state index contributed by atoms with van der Waals surface area (Å²) in [7, 11) is 0. The van der Waals surface area contributed by atoms with Crippen molar-refractivity contribution in [3.8, 4) is 0 Å². The monoisotopic (exact) mass is 250 g/mol. The quantitative estimate of drug-likeness (QED) is 0.489. The Balaban J connectivity index is 0.000000148. The molecular weight excluding hydrogens is 235 g/mol. The van der Waals surface area contributed by atoms with Crippen LogP contribution in [0.5, 0.6) is 0 Å². The Hall–Kier alpha value is 0.499. The second-order valence-corrected chi connectivity index (χ2v) is 11.8. The third-order valence-electron chi connectivity index (χ3n) is 0.455. The summed E-state index contributed by atoms with van der Waals surface area (Å²) in [4.78, 5) is 7.09. The zero-order chi connectivity index (χ0) is 7.11. The maximum atomic E-state index is 2.36. The van der Waals surface area contributed by atoms with Gasteiger partial charge in [-0.3, -0.25) is 0 Å². The standard InChI is InChI=1S/C4H4S.3CH3.Sn/c1-2-4-5-3-1;;;;/h1-4H;3*1H3;/p+1. The smallest absolute Gasteiger partial charge is 0.0377 e. The third-order valence-corrected chi connectivity index (χ3v) is 1.14. The van der Waals surface area contributed by atoms with Crippen LogP contribution in [0.15, 0.2) is 22.9 Å². The molecule has 0 N–H and O–H groups in total. The molecule has 0 nitrogen and oxygen atoms in total. The van der Waals surface area contributed by atoms with Crippen LogP contribution in [0.25, 0.3) is 0 Å². The predicted octanol–water partition coefficient (Wildman–Crippen LogP) is 2.85. The van der Waals surface area contributed by atoms with Gasteiger partial charge in [0.2, 0.25) is 0 Å². The van der Waals surface area contributed by atoms with Crippen LogP contribution in [0.1, 0.15) is 0 Å². The molecule has 0 saturated carbocycles. The van der Waals surface area contributed by atoms with Gasteiger partial charge in [0, 0.05) is 0 Å². The Morgan fingerprint density at radius 3 is 1.44 bits per heavy atom. The van der Waals surface area contributed by atoms with Crippen molar-refractivity contribution < 1.29 is 0 Å². The Kier molecular flexibility index (Phi) is 6.98. The summed E-state index contributed by atoms with van der Waals surface area (Å²) < 4.78 is 0. The molecule has 1 heterocycles. The van der Waals surface area contributed by atoms with E-state index < -0.39 is 19.8 Å². The van der Waals surface area contributed by atoms with Crippen LogP contribution in [0.4, 0.5) is 0 Å². The van der Waals surface area contributed by atoms with Gasteiger partial charge < -0.3 is 0 Å². The van der Waals surface area contributed by atoms with Crippen LogP contribution in [-0.4, -0.2) is 19.8 Å². The van der Waals surface area contributed by atoms with Gasteiger partial charge in [-0.25, -0.2) is 0 Å². The van der Waals surface area contributed by atoms with Gasteiger partial charge in [-0.15, -0.1) is 0 Å². The van der Waals surface area contributed by atoms with Crippen LogP contribution in [-0.2, 0) is 0 Å². The van der Waals surface area contributed by atoms with Crippen molar-refractivity contribution in [3.63, 3.8) is 0 Å². The fraction of sp³-hybridized carbons (Fsp3) is 0.429. The van der Waals surface area contributed by atoms with Crippen molar-refractivity contribution >= 4 is 31.1 Å². The minimum atomic E-state index is -0.543. The molecule has 0 aliphatic heterocycles. The molecule has 0 saturated heterocycles. The molecule has 0 spiro atoms. The first-order chi connectivity index (χ1) is 4.23. The summed E-state index contributed by atoms with van der Waals surface area (Å²) in [6.45, 7) is 0. The van der Waals surface area contributed by atoms with Crippen molar-refractivity contribution in [1.29, 1.82) is 0 Å². The van der Waals surface area contributed by atoms with E-state index in [-0.39, 0.29) is 0 Å². The molecule has 1 aromatic heterocycles. The molecule has 0 amide bonds. The van der Waals surface area contributed by atoms with E-state index in [9.17, 15) is 0 Å². The maximum Gasteiger partial charge on any atom is 0.135 e. The molecule has 0 atom stereocenters. The van der Waals surface area contributed by atoms with Gasteiger partial charge in [-0.1, -0.05) is 0 Å². The first-order valence-corrected chi connectivity index (χ1v) is 12.6. The molecule has 0 unspecified atom stereocenters. The number of hydrogen-bond donors (Lipinski definition) is 0. The Bertz CT molecular complexity index is 92.5. The first-order valence-electron chi connectivity index (χ1n) is 3.02. The minimum absolute atomic E-state index is 0.543. The van der Waals surface area contributed by atoms with E-state index in [2.05, 4.69) is 25.6 Å². The number of hydrogen-bond acceptors (Lipinski definition) is 0. The molecule has 0 aliphatic carbocycles. The van der Waals surface area contributed by atoms with E-state index in [1.54, 1.807) is 0 Å². The van der Waals surface area contributed by atoms with Gasteiger partial charge in [-0.05, 0) is 23.5 Å². The van der Waals surface area contributed by atoms with Gasteiger partial charge in [0.25, 0.3) is 0 Å². The average Bonchev–Trinajstić information content (AvgIpc) is 2.11. The SMILES string of the molecule is [CH3][Sn]([CH3])[CH3].c1cc[sH+]c1. The zero-order valence-corrected chi connectivity index (χ0v) is 10.0. The Morgan fingerprint density at radius 2 is 1.33 bits per heavy atom. The summed E-state index contributed by atoms with van der Waals surface area (Å²) in [5.74, 6) is 0. The average molecular weight is 249 g/mol. The molecule has 1 aromatic rings. The second-order valence-electron chi connectivity index (χ2n) is 2.33. The molecule has 51 valence electrons. The predicted molar refractivity (Wildman–Crippen MR) is 49.1 cm³/mol. The molecule has 9 heavy (non-hydrogen) atoms. The van der Waals surface area contributed by atoms with Gasteiger partial charge in [0.15, 0.2) is 0 Å². The summed E-state index contributed by atoms with van der Waals surface area (Å²) >= 11 is 0.787. The van der Waals surface area contributed by atoms with E-state index >= 15 is 0 Å². The zero-order valence-electron chi connectivity index (χ0n) is 6.26. The van der Waals surface area contributed by atoms with Gasteiger partial charge in [-0.2, -0.15) is 0 Å². The molecule has 0 aromatic carbocycles. The van der Waals surface area contributed by atoms with Crippen LogP contribution in [0, 0.1) is 0 Å². The van der Waals surface area contributed by atoms with Crippen molar-refractivity contribution in [2.75, 3.05) is 0 Å². The largest absolute Gasteiger partial charge is 0.135 e. The van der Waals surface area contributed by atoms with E-state index in [1.165, 1.54) is 11.3 Å². The first kappa shape index (κ1) is 9.50. The van der Waals surface area contributed by atoms with E-state index in [0.717, 1.165) is 0 Å². The summed E-state index contributed by atoms with van der Waals surface area (Å²) in [6, 6.07) is 4.09. The fourth-order valence-electron chi connectivity index (χ4n) is 0.248. The third kappa shape index (κ3) is 11.9. The van der Waals surface area contributed by atoms with E-state index in [4.69, 9.17) is 0 Å². The molecule has 0 aliphatic rings. The Labute approximate surface area is 68.7 Å². The molecular formula is C7H14SSn+. The molecule has 2 heteroatoms. The molecule has 1 radical (unpaired) electrons. The van der Waals surface area contributed by atoms with Gasteiger partial charge in [0.05, 0.1) is 0 Å². The second kappa shape index (κ2) is 6.62. The summed E-state index contributed by atoms with van der Waals surface area (Å²) in [5, 5.41) is 4.19. The number of rotatable bonds is 0. The van der Waals surface area contributed by atoms with Crippen molar-refractivity contribution in [3.05, 3.63) is 22.9 Å². The van der Waals surface area contributed by atoms with Crippen molar-refractivity contribution in [2.24, 2.45) is 0 Å². The normalized spacial score (nSPS) is 8.44. The van der Waals surface area contributed by atoms with Crippen LogP contribution in [0.2, 0.25) is 14.8 Å². The Morgan fingerprint density at radius 1 is 1.00 bits per heavy atom. The van der Waals surface area contributed by atoms with E-state index in [0.29, 0.717) is 0 Å². The molecule has 0 fully saturated rings. The summed E-state index contributed by atoms with van der Waals surface area (Å²) in [6.07, 6.45) is 0. The van der Waals surface area contributed by atoms with Crippen molar-refractivity contribution in [2.45, 2.75) is 14.8 Å². The molecule has 0 bridgehead atoms. The number of thiophene rings is 1. The molecule has 1 rings (SSSR count). The van der Waals surface area contributed by atoms with E-state index in [1.807, 2.05) is 12.1 Å². The van der Waals surface area contributed by atoms with Gasteiger partial charge in [0.1, 0.15) is 10.8 Å². The van der Waals surface area contributed by atoms with Gasteiger partial charge >= 0.3 is 34.6 Å². The van der Waals surface area contributed by atoms with Crippen LogP contribution in [0.3, 0.4) is 0 Å². The minimum Gasteiger partial charge on any atom is -0.0377 e. The fourth-order valence-corrected chi connectivity index (χ4v) is 0.745. The van der Waals surface area contributed by atoms with Crippen LogP contribution >= 0.6 is 11.3 Å². The summed E-state index contributed by atoms with van der Waals surface area (Å²) in [5.41, 5.74) is 0. The topological polar surface area (TPSA) is 0 Å². The van der Waals surface area contributed by atoms with Crippen LogP contribution < -0.4 is 0 Å².